The second kappa shape index (κ2) is 12.7. The zero-order valence-corrected chi connectivity index (χ0v) is 22.2. The molecule has 3 aromatic rings. The predicted molar refractivity (Wildman–Crippen MR) is 149 cm³/mol. The maximum absolute atomic E-state index is 13.7. The van der Waals surface area contributed by atoms with Gasteiger partial charge in [-0.1, -0.05) is 66.2 Å². The smallest absolute Gasteiger partial charge is 0.418 e. The Morgan fingerprint density at radius 1 is 1.07 bits per heavy atom. The number of benzene rings is 3. The van der Waals surface area contributed by atoms with Gasteiger partial charge in [0.15, 0.2) is 6.04 Å². The van der Waals surface area contributed by atoms with E-state index in [9.17, 15) is 27.6 Å². The Hall–Kier alpha value is -4.64. The lowest BCUT2D eigenvalue weighted by Crippen LogP contribution is -2.46. The summed E-state index contributed by atoms with van der Waals surface area (Å²) < 4.78 is 45.6. The molecule has 3 aromatic carbocycles. The first-order chi connectivity index (χ1) is 19.6. The molecule has 3 amide bonds. The van der Waals surface area contributed by atoms with Crippen LogP contribution in [0.4, 0.5) is 29.3 Å². The third kappa shape index (κ3) is 7.12. The van der Waals surface area contributed by atoms with Crippen molar-refractivity contribution in [2.45, 2.75) is 12.2 Å². The molecular weight excluding hydrogens is 561 g/mol. The van der Waals surface area contributed by atoms with E-state index in [-0.39, 0.29) is 18.1 Å². The lowest BCUT2D eigenvalue weighted by molar-refractivity contribution is -0.137. The number of amides is 3. The number of para-hydroxylation sites is 1. The fourth-order valence-electron chi connectivity index (χ4n) is 4.13. The lowest BCUT2D eigenvalue weighted by atomic mass is 10.0. The molecule has 1 heterocycles. The van der Waals surface area contributed by atoms with Gasteiger partial charge < -0.3 is 15.0 Å². The Morgan fingerprint density at radius 2 is 1.78 bits per heavy atom. The number of carbonyl (C=O) groups excluding carboxylic acids is 3. The molecule has 212 valence electrons. The number of nitrogens with one attached hydrogen (secondary N) is 2. The van der Waals surface area contributed by atoms with Gasteiger partial charge in [-0.15, -0.1) is 6.58 Å². The number of halogens is 4. The number of hydrogen-bond acceptors (Lipinski definition) is 5. The highest BCUT2D eigenvalue weighted by Gasteiger charge is 2.36. The summed E-state index contributed by atoms with van der Waals surface area (Å²) in [4.78, 5) is 44.8. The number of carbonyl (C=O) groups is 3. The van der Waals surface area contributed by atoms with E-state index < -0.39 is 48.0 Å². The molecule has 0 radical (unpaired) electrons. The van der Waals surface area contributed by atoms with Gasteiger partial charge in [0.25, 0.3) is 5.91 Å². The summed E-state index contributed by atoms with van der Waals surface area (Å²) in [6.07, 6.45) is -4.54. The number of rotatable bonds is 8. The zero-order chi connectivity index (χ0) is 29.6. The monoisotopic (exact) mass is 584 g/mol. The number of anilines is 2. The molecule has 8 nitrogen and oxygen atoms in total. The van der Waals surface area contributed by atoms with Crippen molar-refractivity contribution in [1.82, 2.24) is 5.32 Å². The van der Waals surface area contributed by atoms with Gasteiger partial charge in [0.05, 0.1) is 22.6 Å². The van der Waals surface area contributed by atoms with Crippen LogP contribution in [-0.2, 0) is 20.5 Å². The SMILES string of the molecule is C=CCNC(=O)CN1C(=O)[C@@H](COC(=O)Nc2ccc(Cl)cc2C(F)(F)F)N=C(c2ccccc2)c2ccccc21. The number of alkyl halides is 3. The first kappa shape index (κ1) is 29.3. The van der Waals surface area contributed by atoms with Gasteiger partial charge >= 0.3 is 12.3 Å². The van der Waals surface area contributed by atoms with Gasteiger partial charge in [-0.3, -0.25) is 19.9 Å². The molecule has 0 fully saturated rings. The largest absolute Gasteiger partial charge is 0.446 e. The van der Waals surface area contributed by atoms with Crippen molar-refractivity contribution in [2.75, 3.05) is 29.9 Å². The normalized spacial score (nSPS) is 14.8. The Kier molecular flexibility index (Phi) is 9.08. The van der Waals surface area contributed by atoms with E-state index in [1.54, 1.807) is 48.5 Å². The molecule has 12 heteroatoms. The van der Waals surface area contributed by atoms with Crippen molar-refractivity contribution >= 4 is 46.6 Å². The Bertz CT molecular complexity index is 1490. The molecule has 0 aliphatic carbocycles. The molecule has 1 atom stereocenters. The third-order valence-corrected chi connectivity index (χ3v) is 6.21. The first-order valence-electron chi connectivity index (χ1n) is 12.3. The number of aliphatic imine (C=N–C) groups is 1. The van der Waals surface area contributed by atoms with Gasteiger partial charge in [0, 0.05) is 22.7 Å². The van der Waals surface area contributed by atoms with E-state index in [4.69, 9.17) is 16.3 Å². The minimum Gasteiger partial charge on any atom is -0.446 e. The number of nitrogens with zero attached hydrogens (tertiary/aromatic N) is 2. The summed E-state index contributed by atoms with van der Waals surface area (Å²) in [5, 5.41) is 4.51. The van der Waals surface area contributed by atoms with Crippen molar-refractivity contribution in [3.05, 3.63) is 107 Å². The van der Waals surface area contributed by atoms with E-state index >= 15 is 0 Å². The van der Waals surface area contributed by atoms with Crippen molar-refractivity contribution in [2.24, 2.45) is 4.99 Å². The summed E-state index contributed by atoms with van der Waals surface area (Å²) in [7, 11) is 0. The van der Waals surface area contributed by atoms with Crippen molar-refractivity contribution in [1.29, 1.82) is 0 Å². The fourth-order valence-corrected chi connectivity index (χ4v) is 4.30. The van der Waals surface area contributed by atoms with Crippen molar-refractivity contribution in [3.63, 3.8) is 0 Å². The van der Waals surface area contributed by atoms with E-state index in [0.717, 1.165) is 6.07 Å². The minimum absolute atomic E-state index is 0.167. The van der Waals surface area contributed by atoms with Crippen LogP contribution in [0.5, 0.6) is 0 Å². The van der Waals surface area contributed by atoms with Crippen LogP contribution in [0.15, 0.2) is 90.4 Å². The lowest BCUT2D eigenvalue weighted by Gasteiger charge is -2.24. The van der Waals surface area contributed by atoms with Gasteiger partial charge in [0.1, 0.15) is 13.2 Å². The quantitative estimate of drug-likeness (QED) is 0.343. The van der Waals surface area contributed by atoms with Crippen LogP contribution >= 0.6 is 11.6 Å². The number of ether oxygens (including phenoxy) is 1. The predicted octanol–water partition coefficient (Wildman–Crippen LogP) is 5.46. The van der Waals surface area contributed by atoms with Crippen LogP contribution in [0.3, 0.4) is 0 Å². The van der Waals surface area contributed by atoms with Crippen molar-refractivity contribution in [3.8, 4) is 0 Å². The highest BCUT2D eigenvalue weighted by molar-refractivity contribution is 6.30. The molecule has 0 saturated heterocycles. The molecular formula is C29H24ClF3N4O4. The summed E-state index contributed by atoms with van der Waals surface area (Å²) in [5.74, 6) is -1.11. The van der Waals surface area contributed by atoms with Gasteiger partial charge in [-0.25, -0.2) is 4.79 Å². The van der Waals surface area contributed by atoms with E-state index in [1.165, 1.54) is 17.0 Å². The molecule has 4 rings (SSSR count). The van der Waals surface area contributed by atoms with Crippen LogP contribution in [0.25, 0.3) is 0 Å². The highest BCUT2D eigenvalue weighted by atomic mass is 35.5. The van der Waals surface area contributed by atoms with Crippen LogP contribution in [0, 0.1) is 0 Å². The molecule has 0 aromatic heterocycles. The molecule has 41 heavy (non-hydrogen) atoms. The number of benzodiazepines with no additional fused rings is 1. The first-order valence-corrected chi connectivity index (χ1v) is 12.7. The molecule has 2 N–H and O–H groups in total. The summed E-state index contributed by atoms with van der Waals surface area (Å²) in [6, 6.07) is 17.4. The van der Waals surface area contributed by atoms with E-state index in [0.29, 0.717) is 28.6 Å². The molecule has 0 saturated carbocycles. The maximum Gasteiger partial charge on any atom is 0.418 e. The third-order valence-electron chi connectivity index (χ3n) is 5.97. The summed E-state index contributed by atoms with van der Waals surface area (Å²) >= 11 is 5.70. The topological polar surface area (TPSA) is 100 Å². The van der Waals surface area contributed by atoms with Gasteiger partial charge in [-0.2, -0.15) is 13.2 Å². The average Bonchev–Trinajstić information content (AvgIpc) is 3.06. The minimum atomic E-state index is -4.79. The standard InChI is InChI=1S/C29H24ClF3N4O4/c1-2-14-34-25(38)16-37-24-11-7-6-10-20(24)26(18-8-4-3-5-9-18)35-23(27(37)39)17-41-28(40)36-22-13-12-19(30)15-21(22)29(31,32)33/h2-13,15,23H,1,14,16-17H2,(H,34,38)(H,36,40)/t23-/m1/s1. The summed E-state index contributed by atoms with van der Waals surface area (Å²) in [6.45, 7) is 2.77. The maximum atomic E-state index is 13.7. The van der Waals surface area contributed by atoms with Crippen molar-refractivity contribution < 1.29 is 32.3 Å². The van der Waals surface area contributed by atoms with Crippen LogP contribution < -0.4 is 15.5 Å². The Labute approximate surface area is 238 Å². The number of hydrogen-bond donors (Lipinski definition) is 2. The average molecular weight is 585 g/mol. The molecule has 1 aliphatic rings. The fraction of sp³-hybridized carbons (Fsp3) is 0.172. The van der Waals surface area contributed by atoms with E-state index in [2.05, 4.69) is 22.2 Å². The zero-order valence-electron chi connectivity index (χ0n) is 21.5. The Balaban J connectivity index is 1.65. The summed E-state index contributed by atoms with van der Waals surface area (Å²) in [5.41, 5.74) is 0.318. The van der Waals surface area contributed by atoms with Gasteiger partial charge in [0.2, 0.25) is 5.91 Å². The van der Waals surface area contributed by atoms with Gasteiger partial charge in [-0.05, 0) is 24.3 Å². The second-order valence-corrected chi connectivity index (χ2v) is 9.24. The molecule has 1 aliphatic heterocycles. The molecule has 0 bridgehead atoms. The van der Waals surface area contributed by atoms with Crippen LogP contribution in [0.1, 0.15) is 16.7 Å². The Morgan fingerprint density at radius 3 is 2.49 bits per heavy atom. The second-order valence-electron chi connectivity index (χ2n) is 8.80. The molecule has 0 unspecified atom stereocenters. The van der Waals surface area contributed by atoms with Crippen LogP contribution in [-0.4, -0.2) is 49.4 Å². The van der Waals surface area contributed by atoms with E-state index in [1.807, 2.05) is 6.07 Å². The number of fused-ring (bicyclic) bond motifs is 1. The molecule has 0 spiro atoms. The highest BCUT2D eigenvalue weighted by Crippen LogP contribution is 2.36. The van der Waals surface area contributed by atoms with Crippen LogP contribution in [0.2, 0.25) is 5.02 Å².